The van der Waals surface area contributed by atoms with Crippen LogP contribution < -0.4 is 0 Å². The molecule has 0 radical (unpaired) electrons. The predicted molar refractivity (Wildman–Crippen MR) is 89.9 cm³/mol. The van der Waals surface area contributed by atoms with E-state index in [-0.39, 0.29) is 0 Å². The third kappa shape index (κ3) is 4.21. The van der Waals surface area contributed by atoms with Crippen LogP contribution in [-0.2, 0) is 4.74 Å². The summed E-state index contributed by atoms with van der Waals surface area (Å²) in [6, 6.07) is 9.18. The van der Waals surface area contributed by atoms with Crippen molar-refractivity contribution < 1.29 is 4.74 Å². The molecule has 2 heteroatoms. The van der Waals surface area contributed by atoms with E-state index >= 15 is 0 Å². The molecule has 1 saturated heterocycles. The van der Waals surface area contributed by atoms with Crippen LogP contribution in [0.2, 0.25) is 0 Å². The fourth-order valence-corrected chi connectivity index (χ4v) is 2.76. The first kappa shape index (κ1) is 15.8. The molecule has 0 saturated carbocycles. The van der Waals surface area contributed by atoms with Gasteiger partial charge in [-0.2, -0.15) is 0 Å². The summed E-state index contributed by atoms with van der Waals surface area (Å²) in [6.07, 6.45) is 7.69. The molecule has 0 amide bonds. The average Bonchev–Trinajstić information content (AvgIpc) is 3.01. The number of hydrogen-bond donors (Lipinski definition) is 0. The zero-order chi connectivity index (χ0) is 15.2. The Kier molecular flexibility index (Phi) is 5.63. The first-order chi connectivity index (χ1) is 10.1. The van der Waals surface area contributed by atoms with Gasteiger partial charge in [0.25, 0.3) is 0 Å². The molecule has 2 nitrogen and oxygen atoms in total. The van der Waals surface area contributed by atoms with Gasteiger partial charge in [-0.05, 0) is 51.5 Å². The number of benzene rings is 1. The van der Waals surface area contributed by atoms with Crippen LogP contribution in [0.25, 0.3) is 5.57 Å². The number of allylic oxidation sites excluding steroid dienone is 2. The summed E-state index contributed by atoms with van der Waals surface area (Å²) in [5.74, 6) is 0.614. The van der Waals surface area contributed by atoms with E-state index in [2.05, 4.69) is 75.3 Å². The molecule has 0 bridgehead atoms. The lowest BCUT2D eigenvalue weighted by atomic mass is 9.99. The third-order valence-corrected chi connectivity index (χ3v) is 4.29. The summed E-state index contributed by atoms with van der Waals surface area (Å²) in [6.45, 7) is 10.4. The lowest BCUT2D eigenvalue weighted by Gasteiger charge is -2.29. The monoisotopic (exact) mass is 285 g/mol. The van der Waals surface area contributed by atoms with Crippen LogP contribution in [0.15, 0.2) is 42.7 Å². The van der Waals surface area contributed by atoms with Gasteiger partial charge in [0.15, 0.2) is 0 Å². The number of aryl methyl sites for hydroxylation is 1. The van der Waals surface area contributed by atoms with E-state index in [1.165, 1.54) is 16.7 Å². The van der Waals surface area contributed by atoms with E-state index in [0.717, 1.165) is 19.6 Å². The van der Waals surface area contributed by atoms with Gasteiger partial charge in [0, 0.05) is 24.8 Å². The van der Waals surface area contributed by atoms with Crippen molar-refractivity contribution in [3.63, 3.8) is 0 Å². The maximum atomic E-state index is 5.54. The molecule has 1 fully saturated rings. The molecule has 0 N–H and O–H groups in total. The van der Waals surface area contributed by atoms with Crippen LogP contribution in [0, 0.1) is 12.8 Å². The number of hydrogen-bond acceptors (Lipinski definition) is 2. The maximum absolute atomic E-state index is 5.54. The molecule has 0 spiro atoms. The van der Waals surface area contributed by atoms with Crippen LogP contribution in [0.3, 0.4) is 0 Å². The van der Waals surface area contributed by atoms with Gasteiger partial charge in [0.2, 0.25) is 0 Å². The predicted octanol–water partition coefficient (Wildman–Crippen LogP) is 4.62. The summed E-state index contributed by atoms with van der Waals surface area (Å²) >= 11 is 0. The van der Waals surface area contributed by atoms with E-state index in [1.54, 1.807) is 0 Å². The molecule has 0 aromatic heterocycles. The molecular formula is C19H27NO. The van der Waals surface area contributed by atoms with Crippen molar-refractivity contribution in [3.05, 3.63) is 53.9 Å². The molecule has 0 aliphatic carbocycles. The summed E-state index contributed by atoms with van der Waals surface area (Å²) in [5.41, 5.74) is 3.87. The second-order valence-corrected chi connectivity index (χ2v) is 5.97. The molecule has 21 heavy (non-hydrogen) atoms. The summed E-state index contributed by atoms with van der Waals surface area (Å²) < 4.78 is 5.54. The number of nitrogens with zero attached hydrogens (tertiary/aromatic N) is 1. The van der Waals surface area contributed by atoms with Crippen molar-refractivity contribution in [1.82, 2.24) is 4.90 Å². The van der Waals surface area contributed by atoms with Crippen molar-refractivity contribution in [1.29, 1.82) is 0 Å². The Morgan fingerprint density at radius 2 is 2.05 bits per heavy atom. The van der Waals surface area contributed by atoms with E-state index in [0.29, 0.717) is 12.0 Å². The van der Waals surface area contributed by atoms with Crippen LogP contribution in [0.5, 0.6) is 0 Å². The minimum absolute atomic E-state index is 0.462. The van der Waals surface area contributed by atoms with Gasteiger partial charge < -0.3 is 9.64 Å². The minimum Gasteiger partial charge on any atom is -0.381 e. The Labute approximate surface area is 129 Å². The van der Waals surface area contributed by atoms with Gasteiger partial charge in [-0.25, -0.2) is 0 Å². The fraction of sp³-hybridized carbons (Fsp3) is 0.474. The highest BCUT2D eigenvalue weighted by Gasteiger charge is 2.25. The largest absolute Gasteiger partial charge is 0.381 e. The Balaban J connectivity index is 2.17. The molecule has 2 rings (SSSR count). The molecular weight excluding hydrogens is 258 g/mol. The molecule has 1 aliphatic rings. The molecule has 1 aromatic rings. The van der Waals surface area contributed by atoms with Crippen LogP contribution in [0.1, 0.15) is 38.3 Å². The molecule has 2 unspecified atom stereocenters. The number of ether oxygens (including phenoxy) is 1. The zero-order valence-corrected chi connectivity index (χ0v) is 13.7. The Hall–Kier alpha value is -1.54. The normalized spacial score (nSPS) is 21.0. The standard InChI is InChI=1S/C19H27NO/c1-5-11-20(17(4)19-10-12-21-14-19)13-16(3)18-8-6-15(2)7-9-18/h5-9,11,13,17,19H,10,12,14H2,1-4H3/b11-5-,16-13+. The first-order valence-corrected chi connectivity index (χ1v) is 7.85. The first-order valence-electron chi connectivity index (χ1n) is 7.85. The van der Waals surface area contributed by atoms with Crippen molar-refractivity contribution in [2.24, 2.45) is 5.92 Å². The van der Waals surface area contributed by atoms with Crippen LogP contribution in [0.4, 0.5) is 0 Å². The highest BCUT2D eigenvalue weighted by atomic mass is 16.5. The third-order valence-electron chi connectivity index (χ3n) is 4.29. The minimum atomic E-state index is 0.462. The zero-order valence-electron chi connectivity index (χ0n) is 13.7. The van der Waals surface area contributed by atoms with Gasteiger partial charge in [-0.3, -0.25) is 0 Å². The van der Waals surface area contributed by atoms with E-state index < -0.39 is 0 Å². The van der Waals surface area contributed by atoms with Gasteiger partial charge in [-0.1, -0.05) is 35.9 Å². The summed E-state index contributed by atoms with van der Waals surface area (Å²) in [7, 11) is 0. The SMILES string of the molecule is C/C=C\N(/C=C(\C)c1ccc(C)cc1)C(C)C1CCOC1. The van der Waals surface area contributed by atoms with E-state index in [1.807, 2.05) is 0 Å². The lowest BCUT2D eigenvalue weighted by molar-refractivity contribution is 0.167. The summed E-state index contributed by atoms with van der Waals surface area (Å²) in [5, 5.41) is 0. The number of rotatable bonds is 5. The lowest BCUT2D eigenvalue weighted by Crippen LogP contribution is -2.31. The quantitative estimate of drug-likeness (QED) is 0.783. The maximum Gasteiger partial charge on any atom is 0.0514 e. The Bertz CT molecular complexity index is 495. The van der Waals surface area contributed by atoms with Gasteiger partial charge in [0.1, 0.15) is 0 Å². The van der Waals surface area contributed by atoms with Crippen molar-refractivity contribution in [2.45, 2.75) is 40.2 Å². The molecule has 1 aromatic carbocycles. The smallest absolute Gasteiger partial charge is 0.0514 e. The molecule has 1 heterocycles. The van der Waals surface area contributed by atoms with Gasteiger partial charge in [0.05, 0.1) is 6.61 Å². The second kappa shape index (κ2) is 7.46. The van der Waals surface area contributed by atoms with Crippen LogP contribution >= 0.6 is 0 Å². The molecule has 114 valence electrons. The Morgan fingerprint density at radius 3 is 2.62 bits per heavy atom. The van der Waals surface area contributed by atoms with Gasteiger partial charge >= 0.3 is 0 Å². The average molecular weight is 285 g/mol. The highest BCUT2D eigenvalue weighted by Crippen LogP contribution is 2.24. The van der Waals surface area contributed by atoms with Crippen LogP contribution in [-0.4, -0.2) is 24.2 Å². The van der Waals surface area contributed by atoms with Crippen molar-refractivity contribution in [2.75, 3.05) is 13.2 Å². The molecule has 2 atom stereocenters. The van der Waals surface area contributed by atoms with Gasteiger partial charge in [-0.15, -0.1) is 0 Å². The second-order valence-electron chi connectivity index (χ2n) is 5.97. The Morgan fingerprint density at radius 1 is 1.33 bits per heavy atom. The fourth-order valence-electron chi connectivity index (χ4n) is 2.76. The van der Waals surface area contributed by atoms with Crippen molar-refractivity contribution in [3.8, 4) is 0 Å². The topological polar surface area (TPSA) is 12.5 Å². The van der Waals surface area contributed by atoms with Crippen molar-refractivity contribution >= 4 is 5.57 Å². The molecule has 1 aliphatic heterocycles. The highest BCUT2D eigenvalue weighted by molar-refractivity contribution is 5.63. The van der Waals surface area contributed by atoms with E-state index in [4.69, 9.17) is 4.74 Å². The van der Waals surface area contributed by atoms with E-state index in [9.17, 15) is 0 Å². The summed E-state index contributed by atoms with van der Waals surface area (Å²) in [4.78, 5) is 2.33.